The molecule has 0 radical (unpaired) electrons. The lowest BCUT2D eigenvalue weighted by Crippen LogP contribution is -2.50. The van der Waals surface area contributed by atoms with E-state index in [1.54, 1.807) is 4.90 Å². The summed E-state index contributed by atoms with van der Waals surface area (Å²) in [5, 5.41) is 11.9. The molecule has 0 saturated heterocycles. The summed E-state index contributed by atoms with van der Waals surface area (Å²) >= 11 is 0. The molecule has 1 atom stereocenters. The van der Waals surface area contributed by atoms with Gasteiger partial charge in [-0.1, -0.05) is 62.4 Å². The highest BCUT2D eigenvalue weighted by molar-refractivity contribution is 5.80. The van der Waals surface area contributed by atoms with Gasteiger partial charge in [0.2, 0.25) is 5.91 Å². The van der Waals surface area contributed by atoms with Crippen molar-refractivity contribution in [1.82, 2.24) is 10.2 Å². The van der Waals surface area contributed by atoms with Crippen molar-refractivity contribution in [3.8, 4) is 11.1 Å². The second-order valence-electron chi connectivity index (χ2n) is 10.4. The number of amides is 2. The van der Waals surface area contributed by atoms with Crippen LogP contribution in [0.15, 0.2) is 48.5 Å². The highest BCUT2D eigenvalue weighted by atomic mass is 16.5. The van der Waals surface area contributed by atoms with Gasteiger partial charge in [0.15, 0.2) is 0 Å². The van der Waals surface area contributed by atoms with Gasteiger partial charge >= 0.3 is 12.1 Å². The topological polar surface area (TPSA) is 95.9 Å². The quantitative estimate of drug-likeness (QED) is 0.524. The van der Waals surface area contributed by atoms with Gasteiger partial charge in [-0.15, -0.1) is 0 Å². The van der Waals surface area contributed by atoms with E-state index in [9.17, 15) is 14.4 Å². The van der Waals surface area contributed by atoms with Crippen molar-refractivity contribution in [3.05, 3.63) is 59.7 Å². The van der Waals surface area contributed by atoms with Gasteiger partial charge in [-0.05, 0) is 48.9 Å². The van der Waals surface area contributed by atoms with Crippen LogP contribution < -0.4 is 5.32 Å². The molecular formula is C28H36N2O5. The van der Waals surface area contributed by atoms with Crippen LogP contribution in [0.4, 0.5) is 4.79 Å². The van der Waals surface area contributed by atoms with E-state index in [1.807, 2.05) is 58.9 Å². The molecule has 0 heterocycles. The first-order valence-corrected chi connectivity index (χ1v) is 12.1. The number of hydrogen-bond acceptors (Lipinski definition) is 4. The molecule has 2 aromatic carbocycles. The first-order chi connectivity index (χ1) is 16.5. The van der Waals surface area contributed by atoms with Gasteiger partial charge in [0.05, 0.1) is 6.42 Å². The zero-order valence-corrected chi connectivity index (χ0v) is 21.2. The number of carbonyl (C=O) groups is 3. The van der Waals surface area contributed by atoms with E-state index in [-0.39, 0.29) is 43.7 Å². The lowest BCUT2D eigenvalue weighted by molar-refractivity contribution is -0.140. The standard InChI is InChI=1S/C28H36N2O5/c1-18(2)24(16-25(31)30(28(3,4)5)15-14-26(32)33)29-27(34)35-17-23-21-12-8-6-10-19(21)20-11-7-9-13-22(20)23/h6-13,18,23-24H,14-17H2,1-5H3,(H,29,34)(H,32,33)/t24-/m1/s1. The zero-order chi connectivity index (χ0) is 25.8. The Morgan fingerprint density at radius 2 is 1.54 bits per heavy atom. The molecule has 35 heavy (non-hydrogen) atoms. The highest BCUT2D eigenvalue weighted by Crippen LogP contribution is 2.44. The number of benzene rings is 2. The van der Waals surface area contributed by atoms with Crippen LogP contribution in [0.2, 0.25) is 0 Å². The SMILES string of the molecule is CC(C)[C@@H](CC(=O)N(CCC(=O)O)C(C)(C)C)NC(=O)OCC1c2ccccc2-c2ccccc21. The minimum atomic E-state index is -0.954. The Balaban J connectivity index is 1.64. The molecule has 3 rings (SSSR count). The van der Waals surface area contributed by atoms with E-state index < -0.39 is 23.6 Å². The molecule has 2 N–H and O–H groups in total. The maximum atomic E-state index is 13.1. The summed E-state index contributed by atoms with van der Waals surface area (Å²) in [6.07, 6.45) is -0.625. The number of nitrogens with one attached hydrogen (secondary N) is 1. The van der Waals surface area contributed by atoms with Crippen molar-refractivity contribution in [2.75, 3.05) is 13.2 Å². The number of aliphatic carboxylic acids is 1. The molecule has 0 aliphatic heterocycles. The van der Waals surface area contributed by atoms with E-state index in [1.165, 1.54) is 0 Å². The number of carboxylic acids is 1. The van der Waals surface area contributed by atoms with Crippen LogP contribution >= 0.6 is 0 Å². The molecule has 2 amide bonds. The molecule has 1 aliphatic carbocycles. The second kappa shape index (κ2) is 10.9. The first kappa shape index (κ1) is 26.3. The molecule has 0 bridgehead atoms. The van der Waals surface area contributed by atoms with Crippen molar-refractivity contribution in [2.24, 2.45) is 5.92 Å². The summed E-state index contributed by atoms with van der Waals surface area (Å²) in [4.78, 5) is 38.5. The van der Waals surface area contributed by atoms with Gasteiger partial charge in [0, 0.05) is 30.5 Å². The molecule has 2 aromatic rings. The van der Waals surface area contributed by atoms with Crippen LogP contribution in [0.5, 0.6) is 0 Å². The smallest absolute Gasteiger partial charge is 0.407 e. The number of ether oxygens (including phenoxy) is 1. The van der Waals surface area contributed by atoms with Crippen LogP contribution in [0.3, 0.4) is 0 Å². The van der Waals surface area contributed by atoms with E-state index in [0.717, 1.165) is 22.3 Å². The Kier molecular flexibility index (Phi) is 8.20. The van der Waals surface area contributed by atoms with Crippen LogP contribution in [-0.4, -0.2) is 52.7 Å². The monoisotopic (exact) mass is 480 g/mol. The Morgan fingerprint density at radius 3 is 2.03 bits per heavy atom. The fourth-order valence-corrected chi connectivity index (χ4v) is 4.58. The molecule has 0 fully saturated rings. The van der Waals surface area contributed by atoms with Gasteiger partial charge in [0.25, 0.3) is 0 Å². The summed E-state index contributed by atoms with van der Waals surface area (Å²) in [5.74, 6) is -1.21. The summed E-state index contributed by atoms with van der Waals surface area (Å²) < 4.78 is 5.66. The average molecular weight is 481 g/mol. The van der Waals surface area contributed by atoms with Crippen LogP contribution in [-0.2, 0) is 14.3 Å². The molecule has 0 unspecified atom stereocenters. The Bertz CT molecular complexity index is 1030. The maximum absolute atomic E-state index is 13.1. The Morgan fingerprint density at radius 1 is 1.00 bits per heavy atom. The van der Waals surface area contributed by atoms with Gasteiger partial charge in [-0.3, -0.25) is 9.59 Å². The molecule has 0 saturated carbocycles. The van der Waals surface area contributed by atoms with Crippen molar-refractivity contribution in [3.63, 3.8) is 0 Å². The molecular weight excluding hydrogens is 444 g/mol. The summed E-state index contributed by atoms with van der Waals surface area (Å²) in [7, 11) is 0. The molecule has 0 spiro atoms. The van der Waals surface area contributed by atoms with E-state index in [0.29, 0.717) is 0 Å². The largest absolute Gasteiger partial charge is 0.481 e. The predicted molar refractivity (Wildman–Crippen MR) is 135 cm³/mol. The number of fused-ring (bicyclic) bond motifs is 3. The van der Waals surface area contributed by atoms with E-state index in [4.69, 9.17) is 9.84 Å². The van der Waals surface area contributed by atoms with Gasteiger partial charge in [-0.25, -0.2) is 4.79 Å². The number of hydrogen-bond donors (Lipinski definition) is 2. The summed E-state index contributed by atoms with van der Waals surface area (Å²) in [5.41, 5.74) is 4.06. The fraction of sp³-hybridized carbons (Fsp3) is 0.464. The van der Waals surface area contributed by atoms with Crippen LogP contribution in [0.1, 0.15) is 64.5 Å². The van der Waals surface area contributed by atoms with Crippen molar-refractivity contribution in [1.29, 1.82) is 0 Å². The fourth-order valence-electron chi connectivity index (χ4n) is 4.58. The number of nitrogens with zero attached hydrogens (tertiary/aromatic N) is 1. The Hall–Kier alpha value is -3.35. The van der Waals surface area contributed by atoms with Gasteiger partial charge in [0.1, 0.15) is 6.61 Å². The minimum Gasteiger partial charge on any atom is -0.481 e. The van der Waals surface area contributed by atoms with Crippen molar-refractivity contribution < 1.29 is 24.2 Å². The lowest BCUT2D eigenvalue weighted by atomic mass is 9.98. The highest BCUT2D eigenvalue weighted by Gasteiger charge is 2.32. The lowest BCUT2D eigenvalue weighted by Gasteiger charge is -2.37. The van der Waals surface area contributed by atoms with Crippen LogP contribution in [0.25, 0.3) is 11.1 Å². The number of carboxylic acid groups (broad SMARTS) is 1. The predicted octanol–water partition coefficient (Wildman–Crippen LogP) is 5.04. The van der Waals surface area contributed by atoms with E-state index in [2.05, 4.69) is 29.6 Å². The zero-order valence-electron chi connectivity index (χ0n) is 21.2. The number of alkyl carbamates (subject to hydrolysis) is 1. The Labute approximate surface area is 207 Å². The van der Waals surface area contributed by atoms with Crippen LogP contribution in [0, 0.1) is 5.92 Å². The van der Waals surface area contributed by atoms with Crippen molar-refractivity contribution in [2.45, 2.75) is 65.0 Å². The molecule has 0 aromatic heterocycles. The third-order valence-corrected chi connectivity index (χ3v) is 6.51. The summed E-state index contributed by atoms with van der Waals surface area (Å²) in [6.45, 7) is 9.79. The van der Waals surface area contributed by atoms with Gasteiger partial charge < -0.3 is 20.1 Å². The molecule has 188 valence electrons. The van der Waals surface area contributed by atoms with E-state index >= 15 is 0 Å². The minimum absolute atomic E-state index is 0.0132. The average Bonchev–Trinajstić information content (AvgIpc) is 3.10. The molecule has 7 nitrogen and oxygen atoms in total. The number of carbonyl (C=O) groups excluding carboxylic acids is 2. The number of rotatable bonds is 9. The molecule has 7 heteroatoms. The normalized spacial score (nSPS) is 13.7. The second-order valence-corrected chi connectivity index (χ2v) is 10.4. The van der Waals surface area contributed by atoms with Gasteiger partial charge in [-0.2, -0.15) is 0 Å². The van der Waals surface area contributed by atoms with Crippen molar-refractivity contribution >= 4 is 18.0 Å². The first-order valence-electron chi connectivity index (χ1n) is 12.1. The third-order valence-electron chi connectivity index (χ3n) is 6.51. The third kappa shape index (κ3) is 6.41. The summed E-state index contributed by atoms with van der Waals surface area (Å²) in [6, 6.07) is 15.9. The maximum Gasteiger partial charge on any atom is 0.407 e. The molecule has 1 aliphatic rings.